The van der Waals surface area contributed by atoms with Crippen LogP contribution in [0.2, 0.25) is 0 Å². The van der Waals surface area contributed by atoms with Gasteiger partial charge < -0.3 is 9.84 Å². The average Bonchev–Trinajstić information content (AvgIpc) is 2.27. The smallest absolute Gasteiger partial charge is 0.125 e. The number of aliphatic hydroxyl groups is 1. The zero-order valence-corrected chi connectivity index (χ0v) is 11.0. The van der Waals surface area contributed by atoms with Gasteiger partial charge >= 0.3 is 0 Å². The number of fused-ring (bicyclic) bond motifs is 1. The molecule has 1 aromatic rings. The third-order valence-electron chi connectivity index (χ3n) is 2.99. The third kappa shape index (κ3) is 2.58. The van der Waals surface area contributed by atoms with E-state index in [0.29, 0.717) is 6.42 Å². The van der Waals surface area contributed by atoms with Crippen LogP contribution in [0.5, 0.6) is 5.75 Å². The number of rotatable bonds is 3. The number of halogens is 1. The molecule has 0 saturated carbocycles. The first-order valence-electron chi connectivity index (χ1n) is 5.85. The Labute approximate surface area is 105 Å². The van der Waals surface area contributed by atoms with Crippen molar-refractivity contribution in [1.29, 1.82) is 0 Å². The van der Waals surface area contributed by atoms with Crippen molar-refractivity contribution in [2.24, 2.45) is 0 Å². The number of unbranched alkanes of at least 4 members (excludes halogenated alkanes) is 1. The summed E-state index contributed by atoms with van der Waals surface area (Å²) in [4.78, 5) is 0. The fraction of sp³-hybridized carbons (Fsp3) is 0.538. The maximum Gasteiger partial charge on any atom is 0.125 e. The van der Waals surface area contributed by atoms with E-state index in [1.54, 1.807) is 0 Å². The molecule has 0 fully saturated rings. The van der Waals surface area contributed by atoms with E-state index in [-0.39, 0.29) is 12.2 Å². The van der Waals surface area contributed by atoms with E-state index in [1.807, 2.05) is 18.2 Å². The van der Waals surface area contributed by atoms with Gasteiger partial charge in [-0.3, -0.25) is 0 Å². The van der Waals surface area contributed by atoms with Crippen LogP contribution in [0.15, 0.2) is 22.7 Å². The fourth-order valence-electron chi connectivity index (χ4n) is 2.10. The van der Waals surface area contributed by atoms with Gasteiger partial charge in [0, 0.05) is 16.5 Å². The molecule has 0 saturated heterocycles. The normalized spacial score (nSPS) is 23.7. The lowest BCUT2D eigenvalue weighted by Crippen LogP contribution is -2.25. The fourth-order valence-corrected chi connectivity index (χ4v) is 2.48. The summed E-state index contributed by atoms with van der Waals surface area (Å²) < 4.78 is 6.87. The molecule has 2 atom stereocenters. The topological polar surface area (TPSA) is 29.5 Å². The first-order valence-corrected chi connectivity index (χ1v) is 6.64. The van der Waals surface area contributed by atoms with E-state index in [1.165, 1.54) is 6.42 Å². The molecule has 0 aliphatic carbocycles. The highest BCUT2D eigenvalue weighted by molar-refractivity contribution is 9.10. The monoisotopic (exact) mass is 284 g/mol. The Morgan fingerprint density at radius 1 is 1.50 bits per heavy atom. The Balaban J connectivity index is 2.13. The quantitative estimate of drug-likeness (QED) is 0.914. The summed E-state index contributed by atoms with van der Waals surface area (Å²) in [5.41, 5.74) is 0.905. The summed E-state index contributed by atoms with van der Waals surface area (Å²) >= 11 is 3.41. The Bertz CT molecular complexity index is 365. The lowest BCUT2D eigenvalue weighted by molar-refractivity contribution is 0.0607. The molecule has 0 spiro atoms. The molecule has 1 N–H and O–H groups in total. The van der Waals surface area contributed by atoms with Crippen LogP contribution in [0.3, 0.4) is 0 Å². The van der Waals surface area contributed by atoms with Crippen molar-refractivity contribution >= 4 is 15.9 Å². The molecule has 2 rings (SSSR count). The largest absolute Gasteiger partial charge is 0.490 e. The van der Waals surface area contributed by atoms with Crippen molar-refractivity contribution in [2.75, 3.05) is 0 Å². The van der Waals surface area contributed by atoms with Crippen molar-refractivity contribution in [3.63, 3.8) is 0 Å². The highest BCUT2D eigenvalue weighted by atomic mass is 79.9. The average molecular weight is 285 g/mol. The maximum atomic E-state index is 10.1. The van der Waals surface area contributed by atoms with Crippen LogP contribution in [-0.4, -0.2) is 11.2 Å². The summed E-state index contributed by atoms with van der Waals surface area (Å²) in [5, 5.41) is 10.1. The molecule has 1 heterocycles. The van der Waals surface area contributed by atoms with E-state index in [2.05, 4.69) is 22.9 Å². The van der Waals surface area contributed by atoms with Gasteiger partial charge in [0.05, 0.1) is 6.10 Å². The Kier molecular flexibility index (Phi) is 3.87. The molecule has 0 bridgehead atoms. The van der Waals surface area contributed by atoms with E-state index in [4.69, 9.17) is 4.74 Å². The van der Waals surface area contributed by atoms with Crippen LogP contribution in [0, 0.1) is 0 Å². The molecular formula is C13H17BrO2. The van der Waals surface area contributed by atoms with Gasteiger partial charge in [0.15, 0.2) is 0 Å². The van der Waals surface area contributed by atoms with Crippen molar-refractivity contribution in [3.05, 3.63) is 28.2 Å². The molecule has 0 aromatic heterocycles. The first-order chi connectivity index (χ1) is 7.70. The zero-order valence-electron chi connectivity index (χ0n) is 9.45. The number of hydrogen-bond acceptors (Lipinski definition) is 2. The van der Waals surface area contributed by atoms with Crippen molar-refractivity contribution in [3.8, 4) is 5.75 Å². The molecule has 2 nitrogen and oxygen atoms in total. The van der Waals surface area contributed by atoms with Crippen molar-refractivity contribution < 1.29 is 9.84 Å². The standard InChI is InChI=1S/C13H17BrO2/c1-2-3-4-10-8-12(15)11-7-9(14)5-6-13(11)16-10/h5-7,10,12,15H,2-4,8H2,1H3. The second-order valence-electron chi connectivity index (χ2n) is 4.32. The van der Waals surface area contributed by atoms with Gasteiger partial charge in [-0.15, -0.1) is 0 Å². The molecule has 1 aliphatic heterocycles. The molecule has 3 heteroatoms. The van der Waals surface area contributed by atoms with Crippen LogP contribution in [-0.2, 0) is 0 Å². The van der Waals surface area contributed by atoms with E-state index < -0.39 is 0 Å². The Morgan fingerprint density at radius 3 is 3.06 bits per heavy atom. The van der Waals surface area contributed by atoms with E-state index >= 15 is 0 Å². The predicted octanol–water partition coefficient (Wildman–Crippen LogP) is 3.82. The van der Waals surface area contributed by atoms with Gasteiger partial charge in [0.1, 0.15) is 11.9 Å². The number of benzene rings is 1. The lowest BCUT2D eigenvalue weighted by atomic mass is 9.96. The second kappa shape index (κ2) is 5.19. The third-order valence-corrected chi connectivity index (χ3v) is 3.48. The molecule has 1 aromatic carbocycles. The molecule has 16 heavy (non-hydrogen) atoms. The van der Waals surface area contributed by atoms with Gasteiger partial charge in [-0.25, -0.2) is 0 Å². The van der Waals surface area contributed by atoms with Crippen LogP contribution >= 0.6 is 15.9 Å². The van der Waals surface area contributed by atoms with Crippen molar-refractivity contribution in [1.82, 2.24) is 0 Å². The number of hydrogen-bond donors (Lipinski definition) is 1. The Hall–Kier alpha value is -0.540. The molecule has 0 amide bonds. The predicted molar refractivity (Wildman–Crippen MR) is 67.7 cm³/mol. The van der Waals surface area contributed by atoms with Gasteiger partial charge in [0.25, 0.3) is 0 Å². The minimum absolute atomic E-state index is 0.170. The van der Waals surface area contributed by atoms with E-state index in [9.17, 15) is 5.11 Å². The lowest BCUT2D eigenvalue weighted by Gasteiger charge is -2.29. The SMILES string of the molecule is CCCCC1CC(O)c2cc(Br)ccc2O1. The summed E-state index contributed by atoms with van der Waals surface area (Å²) in [7, 11) is 0. The molecule has 88 valence electrons. The molecule has 0 radical (unpaired) electrons. The van der Waals surface area contributed by atoms with Gasteiger partial charge in [-0.2, -0.15) is 0 Å². The first kappa shape index (κ1) is 11.9. The zero-order chi connectivity index (χ0) is 11.5. The molecular weight excluding hydrogens is 268 g/mol. The maximum absolute atomic E-state index is 10.1. The number of aliphatic hydroxyl groups excluding tert-OH is 1. The highest BCUT2D eigenvalue weighted by Crippen LogP contribution is 2.37. The van der Waals surface area contributed by atoms with Crippen LogP contribution < -0.4 is 4.74 Å². The minimum atomic E-state index is -0.386. The van der Waals surface area contributed by atoms with Crippen LogP contribution in [0.1, 0.15) is 44.3 Å². The summed E-state index contributed by atoms with van der Waals surface area (Å²) in [5.74, 6) is 0.836. The number of ether oxygens (including phenoxy) is 1. The van der Waals surface area contributed by atoms with Gasteiger partial charge in [-0.1, -0.05) is 35.7 Å². The summed E-state index contributed by atoms with van der Waals surface area (Å²) in [6.07, 6.45) is 3.85. The van der Waals surface area contributed by atoms with Gasteiger partial charge in [-0.05, 0) is 24.6 Å². The molecule has 2 unspecified atom stereocenters. The van der Waals surface area contributed by atoms with Crippen LogP contribution in [0.25, 0.3) is 0 Å². The van der Waals surface area contributed by atoms with Crippen LogP contribution in [0.4, 0.5) is 0 Å². The summed E-state index contributed by atoms with van der Waals surface area (Å²) in [6, 6.07) is 5.82. The molecule has 1 aliphatic rings. The van der Waals surface area contributed by atoms with E-state index in [0.717, 1.165) is 28.6 Å². The van der Waals surface area contributed by atoms with Gasteiger partial charge in [0.2, 0.25) is 0 Å². The Morgan fingerprint density at radius 2 is 2.31 bits per heavy atom. The summed E-state index contributed by atoms with van der Waals surface area (Å²) in [6.45, 7) is 2.17. The van der Waals surface area contributed by atoms with Crippen molar-refractivity contribution in [2.45, 2.75) is 44.8 Å². The highest BCUT2D eigenvalue weighted by Gasteiger charge is 2.26. The second-order valence-corrected chi connectivity index (χ2v) is 5.23. The minimum Gasteiger partial charge on any atom is -0.490 e.